The standard InChI is InChI=1S/C25H22N4O3/c1-31-22-12-14-23(15-13-22)32-18-24(30)27-26-16-20-17-29(21-10-6-3-7-11-21)28-25(20)19-8-4-2-5-9-19/h2-17H,18H2,1H3,(H,27,30). The van der Waals surface area contributed by atoms with E-state index in [-0.39, 0.29) is 12.5 Å². The monoisotopic (exact) mass is 426 g/mol. The van der Waals surface area contributed by atoms with Crippen LogP contribution in [-0.4, -0.2) is 35.6 Å². The largest absolute Gasteiger partial charge is 0.497 e. The third-order valence-electron chi connectivity index (χ3n) is 4.63. The summed E-state index contributed by atoms with van der Waals surface area (Å²) in [5.41, 5.74) is 5.92. The van der Waals surface area contributed by atoms with Crippen molar-refractivity contribution in [1.29, 1.82) is 0 Å². The van der Waals surface area contributed by atoms with Crippen LogP contribution in [0.15, 0.2) is 96.2 Å². The minimum Gasteiger partial charge on any atom is -0.497 e. The van der Waals surface area contributed by atoms with Crippen LogP contribution in [0.4, 0.5) is 0 Å². The first kappa shape index (κ1) is 20.9. The Morgan fingerprint density at radius 2 is 1.62 bits per heavy atom. The van der Waals surface area contributed by atoms with Crippen LogP contribution >= 0.6 is 0 Å². The van der Waals surface area contributed by atoms with Crippen LogP contribution in [0.1, 0.15) is 5.56 Å². The molecular weight excluding hydrogens is 404 g/mol. The highest BCUT2D eigenvalue weighted by atomic mass is 16.5. The number of aromatic nitrogens is 2. The normalized spacial score (nSPS) is 10.8. The molecule has 0 radical (unpaired) electrons. The zero-order chi connectivity index (χ0) is 22.2. The Balaban J connectivity index is 1.45. The third kappa shape index (κ3) is 5.20. The number of nitrogens with zero attached hydrogens (tertiary/aromatic N) is 3. The SMILES string of the molecule is COc1ccc(OCC(=O)NN=Cc2cn(-c3ccccc3)nc2-c2ccccc2)cc1. The maximum absolute atomic E-state index is 12.1. The molecule has 4 rings (SSSR count). The van der Waals surface area contributed by atoms with E-state index in [2.05, 4.69) is 10.5 Å². The number of hydrogen-bond donors (Lipinski definition) is 1. The zero-order valence-corrected chi connectivity index (χ0v) is 17.5. The van der Waals surface area contributed by atoms with Crippen molar-refractivity contribution in [3.63, 3.8) is 0 Å². The van der Waals surface area contributed by atoms with Crippen LogP contribution in [0.3, 0.4) is 0 Å². The highest BCUT2D eigenvalue weighted by molar-refractivity contribution is 5.89. The van der Waals surface area contributed by atoms with Crippen LogP contribution in [0.2, 0.25) is 0 Å². The highest BCUT2D eigenvalue weighted by Crippen LogP contribution is 2.22. The van der Waals surface area contributed by atoms with Crippen molar-refractivity contribution in [2.45, 2.75) is 0 Å². The van der Waals surface area contributed by atoms with E-state index in [4.69, 9.17) is 14.6 Å². The molecule has 1 N–H and O–H groups in total. The number of amides is 1. The van der Waals surface area contributed by atoms with Gasteiger partial charge in [-0.2, -0.15) is 10.2 Å². The average molecular weight is 426 g/mol. The van der Waals surface area contributed by atoms with Gasteiger partial charge in [0.1, 0.15) is 17.2 Å². The van der Waals surface area contributed by atoms with E-state index in [0.717, 1.165) is 28.3 Å². The Bertz CT molecular complexity index is 1190. The van der Waals surface area contributed by atoms with Gasteiger partial charge >= 0.3 is 0 Å². The molecule has 0 saturated carbocycles. The van der Waals surface area contributed by atoms with Crippen LogP contribution in [-0.2, 0) is 4.79 Å². The van der Waals surface area contributed by atoms with E-state index in [1.165, 1.54) is 0 Å². The molecule has 1 heterocycles. The Hall–Kier alpha value is -4.39. The molecule has 4 aromatic rings. The lowest BCUT2D eigenvalue weighted by Gasteiger charge is -2.05. The molecule has 0 saturated heterocycles. The first-order valence-corrected chi connectivity index (χ1v) is 10.0. The van der Waals surface area contributed by atoms with Crippen LogP contribution < -0.4 is 14.9 Å². The van der Waals surface area contributed by atoms with Crippen molar-refractivity contribution in [1.82, 2.24) is 15.2 Å². The molecule has 1 aromatic heterocycles. The summed E-state index contributed by atoms with van der Waals surface area (Å²) < 4.78 is 12.4. The van der Waals surface area contributed by atoms with Gasteiger partial charge in [0.05, 0.1) is 19.0 Å². The Morgan fingerprint density at radius 1 is 0.969 bits per heavy atom. The molecular formula is C25H22N4O3. The predicted octanol–water partition coefficient (Wildman–Crippen LogP) is 4.08. The number of hydrogen-bond acceptors (Lipinski definition) is 5. The van der Waals surface area contributed by atoms with Crippen LogP contribution in [0, 0.1) is 0 Å². The number of methoxy groups -OCH3 is 1. The summed E-state index contributed by atoms with van der Waals surface area (Å²) in [7, 11) is 1.59. The van der Waals surface area contributed by atoms with Gasteiger partial charge in [-0.05, 0) is 36.4 Å². The van der Waals surface area contributed by atoms with E-state index < -0.39 is 0 Å². The zero-order valence-electron chi connectivity index (χ0n) is 17.5. The van der Waals surface area contributed by atoms with Crippen LogP contribution in [0.25, 0.3) is 16.9 Å². The lowest BCUT2D eigenvalue weighted by Crippen LogP contribution is -2.24. The molecule has 7 nitrogen and oxygen atoms in total. The van der Waals surface area contributed by atoms with Gasteiger partial charge < -0.3 is 9.47 Å². The minimum absolute atomic E-state index is 0.154. The van der Waals surface area contributed by atoms with E-state index in [0.29, 0.717) is 5.75 Å². The second-order valence-corrected chi connectivity index (χ2v) is 6.84. The van der Waals surface area contributed by atoms with Gasteiger partial charge in [-0.1, -0.05) is 48.5 Å². The predicted molar refractivity (Wildman–Crippen MR) is 123 cm³/mol. The highest BCUT2D eigenvalue weighted by Gasteiger charge is 2.11. The topological polar surface area (TPSA) is 77.7 Å². The van der Waals surface area contributed by atoms with Crippen molar-refractivity contribution in [2.75, 3.05) is 13.7 Å². The second-order valence-electron chi connectivity index (χ2n) is 6.84. The third-order valence-corrected chi connectivity index (χ3v) is 4.63. The van der Waals surface area contributed by atoms with Gasteiger partial charge in [0.25, 0.3) is 5.91 Å². The Labute approximate surface area is 185 Å². The van der Waals surface area contributed by atoms with Crippen molar-refractivity contribution in [3.8, 4) is 28.4 Å². The maximum atomic E-state index is 12.1. The molecule has 0 unspecified atom stereocenters. The number of carbonyl (C=O) groups excluding carboxylic acids is 1. The van der Waals surface area contributed by atoms with Crippen LogP contribution in [0.5, 0.6) is 11.5 Å². The smallest absolute Gasteiger partial charge is 0.277 e. The lowest BCUT2D eigenvalue weighted by atomic mass is 10.1. The van der Waals surface area contributed by atoms with Gasteiger partial charge in [-0.3, -0.25) is 4.79 Å². The summed E-state index contributed by atoms with van der Waals surface area (Å²) in [6.45, 7) is -0.154. The summed E-state index contributed by atoms with van der Waals surface area (Å²) in [5, 5.41) is 8.81. The number of rotatable bonds is 8. The summed E-state index contributed by atoms with van der Waals surface area (Å²) in [4.78, 5) is 12.1. The molecule has 0 fully saturated rings. The van der Waals surface area contributed by atoms with Crippen molar-refractivity contribution < 1.29 is 14.3 Å². The molecule has 0 aliphatic heterocycles. The van der Waals surface area contributed by atoms with Gasteiger partial charge in [-0.25, -0.2) is 10.1 Å². The van der Waals surface area contributed by atoms with Gasteiger partial charge in [-0.15, -0.1) is 0 Å². The fraction of sp³-hybridized carbons (Fsp3) is 0.0800. The second kappa shape index (κ2) is 10.1. The van der Waals surface area contributed by atoms with Gasteiger partial charge in [0.2, 0.25) is 0 Å². The summed E-state index contributed by atoms with van der Waals surface area (Å²) in [5.74, 6) is 0.922. The molecule has 7 heteroatoms. The summed E-state index contributed by atoms with van der Waals surface area (Å²) >= 11 is 0. The van der Waals surface area contributed by atoms with Gasteiger partial charge in [0.15, 0.2) is 6.61 Å². The van der Waals surface area contributed by atoms with Gasteiger partial charge in [0, 0.05) is 17.3 Å². The molecule has 3 aromatic carbocycles. The van der Waals surface area contributed by atoms with E-state index >= 15 is 0 Å². The number of nitrogens with one attached hydrogen (secondary N) is 1. The number of ether oxygens (including phenoxy) is 2. The van der Waals surface area contributed by atoms with E-state index in [1.807, 2.05) is 66.9 Å². The molecule has 0 atom stereocenters. The molecule has 32 heavy (non-hydrogen) atoms. The number of benzene rings is 3. The minimum atomic E-state index is -0.367. The lowest BCUT2D eigenvalue weighted by molar-refractivity contribution is -0.123. The van der Waals surface area contributed by atoms with Crippen molar-refractivity contribution in [3.05, 3.63) is 96.7 Å². The van der Waals surface area contributed by atoms with Crippen molar-refractivity contribution >= 4 is 12.1 Å². The fourth-order valence-electron chi connectivity index (χ4n) is 3.04. The number of carbonyl (C=O) groups is 1. The Morgan fingerprint density at radius 3 is 2.31 bits per heavy atom. The first-order valence-electron chi connectivity index (χ1n) is 10.0. The summed E-state index contributed by atoms with van der Waals surface area (Å²) in [6.07, 6.45) is 3.46. The van der Waals surface area contributed by atoms with E-state index in [1.54, 1.807) is 42.3 Å². The molecule has 1 amide bonds. The quantitative estimate of drug-likeness (QED) is 0.340. The Kier molecular flexibility index (Phi) is 6.57. The molecule has 0 aliphatic carbocycles. The average Bonchev–Trinajstić information content (AvgIpc) is 3.28. The number of hydrazone groups is 1. The number of para-hydroxylation sites is 1. The summed E-state index contributed by atoms with van der Waals surface area (Å²) in [6, 6.07) is 26.6. The molecule has 160 valence electrons. The van der Waals surface area contributed by atoms with Crippen molar-refractivity contribution in [2.24, 2.45) is 5.10 Å². The molecule has 0 aliphatic rings. The molecule has 0 spiro atoms. The van der Waals surface area contributed by atoms with E-state index in [9.17, 15) is 4.79 Å². The fourth-order valence-corrected chi connectivity index (χ4v) is 3.04. The maximum Gasteiger partial charge on any atom is 0.277 e. The first-order chi connectivity index (χ1) is 15.7. The molecule has 0 bridgehead atoms.